The Hall–Kier alpha value is -1.62. The number of urea groups is 1. The van der Waals surface area contributed by atoms with Crippen molar-refractivity contribution in [3.8, 4) is 0 Å². The summed E-state index contributed by atoms with van der Waals surface area (Å²) in [4.78, 5) is 13.8. The minimum Gasteiger partial charge on any atom is -0.395 e. The van der Waals surface area contributed by atoms with Crippen molar-refractivity contribution in [2.24, 2.45) is 5.41 Å². The average Bonchev–Trinajstić information content (AvgIpc) is 2.40. The van der Waals surface area contributed by atoms with Crippen molar-refractivity contribution in [2.45, 2.75) is 33.7 Å². The largest absolute Gasteiger partial charge is 0.395 e. The lowest BCUT2D eigenvalue weighted by molar-refractivity contribution is 0.166. The summed E-state index contributed by atoms with van der Waals surface area (Å²) < 4.78 is 13.4. The molecular formula is C16H25FN2O2. The zero-order valence-electron chi connectivity index (χ0n) is 13.2. The van der Waals surface area contributed by atoms with Gasteiger partial charge in [0.25, 0.3) is 0 Å². The maximum Gasteiger partial charge on any atom is 0.317 e. The van der Waals surface area contributed by atoms with E-state index in [1.54, 1.807) is 6.07 Å². The number of hydrogen-bond donors (Lipinski definition) is 2. The zero-order valence-corrected chi connectivity index (χ0v) is 13.2. The third-order valence-electron chi connectivity index (χ3n) is 3.35. The number of benzene rings is 1. The molecule has 118 valence electrons. The molecule has 1 rings (SSSR count). The number of aliphatic hydroxyl groups is 1. The van der Waals surface area contributed by atoms with Gasteiger partial charge >= 0.3 is 6.03 Å². The van der Waals surface area contributed by atoms with Crippen molar-refractivity contribution in [2.75, 3.05) is 19.7 Å². The zero-order chi connectivity index (χ0) is 16.0. The predicted octanol–water partition coefficient (Wildman–Crippen LogP) is 2.94. The highest BCUT2D eigenvalue weighted by molar-refractivity contribution is 5.74. The van der Waals surface area contributed by atoms with Gasteiger partial charge in [0.1, 0.15) is 5.82 Å². The highest BCUT2D eigenvalue weighted by Crippen LogP contribution is 2.33. The van der Waals surface area contributed by atoms with E-state index in [0.717, 1.165) is 5.56 Å². The van der Waals surface area contributed by atoms with E-state index in [4.69, 9.17) is 5.11 Å². The molecule has 21 heavy (non-hydrogen) atoms. The van der Waals surface area contributed by atoms with Crippen LogP contribution >= 0.6 is 0 Å². The fourth-order valence-corrected chi connectivity index (χ4v) is 2.22. The molecule has 0 heterocycles. The number of hydrogen-bond acceptors (Lipinski definition) is 2. The maximum atomic E-state index is 13.4. The summed E-state index contributed by atoms with van der Waals surface area (Å²) in [5, 5.41) is 11.9. The average molecular weight is 296 g/mol. The van der Waals surface area contributed by atoms with Gasteiger partial charge in [-0.25, -0.2) is 9.18 Å². The van der Waals surface area contributed by atoms with Crippen molar-refractivity contribution in [3.05, 3.63) is 35.6 Å². The molecule has 2 amide bonds. The number of halogens is 1. The van der Waals surface area contributed by atoms with Crippen molar-refractivity contribution >= 4 is 6.03 Å². The van der Waals surface area contributed by atoms with Crippen LogP contribution in [0, 0.1) is 11.2 Å². The van der Waals surface area contributed by atoms with Gasteiger partial charge in [0, 0.05) is 13.1 Å². The molecule has 0 saturated carbocycles. The second-order valence-electron chi connectivity index (χ2n) is 6.11. The number of carbonyl (C=O) groups is 1. The molecular weight excluding hydrogens is 271 g/mol. The molecule has 0 aliphatic heterocycles. The Morgan fingerprint density at radius 3 is 2.57 bits per heavy atom. The van der Waals surface area contributed by atoms with Gasteiger partial charge in [0.2, 0.25) is 0 Å². The first-order chi connectivity index (χ1) is 9.79. The fraction of sp³-hybridized carbons (Fsp3) is 0.562. The van der Waals surface area contributed by atoms with Crippen LogP contribution in [0.4, 0.5) is 9.18 Å². The third kappa shape index (κ3) is 5.01. The van der Waals surface area contributed by atoms with Crippen molar-refractivity contribution < 1.29 is 14.3 Å². The molecule has 1 aromatic rings. The van der Waals surface area contributed by atoms with Crippen LogP contribution in [-0.4, -0.2) is 35.7 Å². The van der Waals surface area contributed by atoms with Gasteiger partial charge in [-0.3, -0.25) is 0 Å². The van der Waals surface area contributed by atoms with Gasteiger partial charge in [0.15, 0.2) is 0 Å². The smallest absolute Gasteiger partial charge is 0.317 e. The molecule has 0 bridgehead atoms. The molecule has 0 fully saturated rings. The molecule has 0 spiro atoms. The van der Waals surface area contributed by atoms with Crippen LogP contribution in [0.1, 0.15) is 39.3 Å². The van der Waals surface area contributed by atoms with Gasteiger partial charge in [-0.15, -0.1) is 0 Å². The first-order valence-corrected chi connectivity index (χ1v) is 7.21. The number of likely N-dealkylation sites (N-methyl/N-ethyl adjacent to an activating group) is 1. The van der Waals surface area contributed by atoms with Gasteiger partial charge in [-0.05, 0) is 30.0 Å². The Balaban J connectivity index is 2.97. The van der Waals surface area contributed by atoms with E-state index in [2.05, 4.69) is 5.32 Å². The van der Waals surface area contributed by atoms with Gasteiger partial charge in [-0.2, -0.15) is 0 Å². The fourth-order valence-electron chi connectivity index (χ4n) is 2.22. The Bertz CT molecular complexity index is 472. The number of carbonyl (C=O) groups excluding carboxylic acids is 1. The molecule has 0 aromatic heterocycles. The third-order valence-corrected chi connectivity index (χ3v) is 3.35. The standard InChI is InChI=1S/C16H25FN2O2/c1-5-19(9-10-20)15(21)18-14(16(2,3)4)12-7-6-8-13(17)11-12/h6-8,11,14,20H,5,9-10H2,1-4H3,(H,18,21). The van der Waals surface area contributed by atoms with Crippen LogP contribution in [0.5, 0.6) is 0 Å². The van der Waals surface area contributed by atoms with E-state index in [1.165, 1.54) is 17.0 Å². The summed E-state index contributed by atoms with van der Waals surface area (Å²) in [7, 11) is 0. The minimum atomic E-state index is -0.321. The highest BCUT2D eigenvalue weighted by atomic mass is 19.1. The summed E-state index contributed by atoms with van der Waals surface area (Å²) in [6, 6.07) is 5.71. The van der Waals surface area contributed by atoms with E-state index in [9.17, 15) is 9.18 Å². The van der Waals surface area contributed by atoms with Crippen LogP contribution < -0.4 is 5.32 Å². The van der Waals surface area contributed by atoms with Crippen molar-refractivity contribution in [3.63, 3.8) is 0 Å². The van der Waals surface area contributed by atoms with E-state index in [0.29, 0.717) is 6.54 Å². The van der Waals surface area contributed by atoms with E-state index in [-0.39, 0.29) is 36.5 Å². The van der Waals surface area contributed by atoms with Crippen LogP contribution in [0.15, 0.2) is 24.3 Å². The van der Waals surface area contributed by atoms with Crippen LogP contribution in [-0.2, 0) is 0 Å². The molecule has 5 heteroatoms. The second-order valence-corrected chi connectivity index (χ2v) is 6.11. The van der Waals surface area contributed by atoms with Crippen molar-refractivity contribution in [1.82, 2.24) is 10.2 Å². The lowest BCUT2D eigenvalue weighted by Crippen LogP contribution is -2.45. The Kier molecular flexibility index (Phi) is 6.15. The summed E-state index contributed by atoms with van der Waals surface area (Å²) >= 11 is 0. The molecule has 0 saturated heterocycles. The summed E-state index contributed by atoms with van der Waals surface area (Å²) in [5.41, 5.74) is 0.470. The molecule has 1 atom stereocenters. The minimum absolute atomic E-state index is 0.0819. The number of nitrogens with zero attached hydrogens (tertiary/aromatic N) is 1. The first kappa shape index (κ1) is 17.4. The Labute approximate surface area is 126 Å². The highest BCUT2D eigenvalue weighted by Gasteiger charge is 2.29. The van der Waals surface area contributed by atoms with Gasteiger partial charge in [0.05, 0.1) is 12.6 Å². The van der Waals surface area contributed by atoms with Crippen molar-refractivity contribution in [1.29, 1.82) is 0 Å². The maximum absolute atomic E-state index is 13.4. The van der Waals surface area contributed by atoms with Gasteiger partial charge < -0.3 is 15.3 Å². The van der Waals surface area contributed by atoms with E-state index < -0.39 is 0 Å². The molecule has 4 nitrogen and oxygen atoms in total. The van der Waals surface area contributed by atoms with Crippen LogP contribution in [0.2, 0.25) is 0 Å². The molecule has 1 aromatic carbocycles. The molecule has 0 aliphatic carbocycles. The topological polar surface area (TPSA) is 52.6 Å². The number of amides is 2. The summed E-state index contributed by atoms with van der Waals surface area (Å²) in [6.45, 7) is 8.53. The monoisotopic (exact) mass is 296 g/mol. The predicted molar refractivity (Wildman–Crippen MR) is 81.5 cm³/mol. The van der Waals surface area contributed by atoms with Crippen LogP contribution in [0.3, 0.4) is 0 Å². The SMILES string of the molecule is CCN(CCO)C(=O)NC(c1cccc(F)c1)C(C)(C)C. The molecule has 0 radical (unpaired) electrons. The lowest BCUT2D eigenvalue weighted by atomic mass is 9.82. The van der Waals surface area contributed by atoms with E-state index in [1.807, 2.05) is 33.8 Å². The number of nitrogens with one attached hydrogen (secondary N) is 1. The first-order valence-electron chi connectivity index (χ1n) is 7.21. The molecule has 1 unspecified atom stereocenters. The Morgan fingerprint density at radius 1 is 1.43 bits per heavy atom. The quantitative estimate of drug-likeness (QED) is 0.877. The molecule has 0 aliphatic rings. The van der Waals surface area contributed by atoms with E-state index >= 15 is 0 Å². The van der Waals surface area contributed by atoms with Gasteiger partial charge in [-0.1, -0.05) is 32.9 Å². The number of aliphatic hydroxyl groups excluding tert-OH is 1. The molecule has 2 N–H and O–H groups in total. The summed E-state index contributed by atoms with van der Waals surface area (Å²) in [5.74, 6) is -0.321. The lowest BCUT2D eigenvalue weighted by Gasteiger charge is -2.34. The summed E-state index contributed by atoms with van der Waals surface area (Å²) in [6.07, 6.45) is 0. The normalized spacial score (nSPS) is 12.9. The number of rotatable bonds is 5. The van der Waals surface area contributed by atoms with Crippen LogP contribution in [0.25, 0.3) is 0 Å². The Morgan fingerprint density at radius 2 is 2.10 bits per heavy atom. The second kappa shape index (κ2) is 7.41.